The second kappa shape index (κ2) is 3.42. The molecule has 0 saturated heterocycles. The first kappa shape index (κ1) is 8.63. The number of rotatable bonds is 3. The first-order valence-electron chi connectivity index (χ1n) is 4.79. The molecule has 13 heavy (non-hydrogen) atoms. The fourth-order valence-corrected chi connectivity index (χ4v) is 1.52. The first-order valence-corrected chi connectivity index (χ1v) is 4.79. The Morgan fingerprint density at radius 3 is 2.92 bits per heavy atom. The summed E-state index contributed by atoms with van der Waals surface area (Å²) in [5.41, 5.74) is 1.08. The lowest BCUT2D eigenvalue weighted by Crippen LogP contribution is -2.22. The van der Waals surface area contributed by atoms with E-state index in [4.69, 9.17) is 0 Å². The van der Waals surface area contributed by atoms with Crippen molar-refractivity contribution in [1.82, 2.24) is 15.3 Å². The highest BCUT2D eigenvalue weighted by Gasteiger charge is 2.33. The van der Waals surface area contributed by atoms with Crippen molar-refractivity contribution < 1.29 is 0 Å². The molecule has 1 aliphatic carbocycles. The van der Waals surface area contributed by atoms with Gasteiger partial charge in [0.2, 0.25) is 0 Å². The normalized spacial score (nSPS) is 28.5. The summed E-state index contributed by atoms with van der Waals surface area (Å²) in [5.74, 6) is 0.837. The number of hydrogen-bond acceptors (Lipinski definition) is 3. The highest BCUT2D eigenvalue weighted by atomic mass is 15.0. The summed E-state index contributed by atoms with van der Waals surface area (Å²) in [7, 11) is 0. The van der Waals surface area contributed by atoms with Crippen LogP contribution in [0.15, 0.2) is 18.6 Å². The molecule has 0 bridgehead atoms. The number of aromatic nitrogens is 2. The smallest absolute Gasteiger partial charge is 0.115 e. The zero-order valence-electron chi connectivity index (χ0n) is 8.07. The van der Waals surface area contributed by atoms with E-state index in [1.807, 2.05) is 6.07 Å². The van der Waals surface area contributed by atoms with Crippen LogP contribution in [0.4, 0.5) is 0 Å². The summed E-state index contributed by atoms with van der Waals surface area (Å²) >= 11 is 0. The van der Waals surface area contributed by atoms with E-state index < -0.39 is 0 Å². The Morgan fingerprint density at radius 2 is 2.38 bits per heavy atom. The molecule has 3 atom stereocenters. The predicted octanol–water partition coefficient (Wildman–Crippen LogP) is 1.54. The summed E-state index contributed by atoms with van der Waals surface area (Å²) in [6.07, 6.45) is 4.69. The molecule has 1 aliphatic rings. The second-order valence-corrected chi connectivity index (χ2v) is 3.84. The summed E-state index contributed by atoms with van der Waals surface area (Å²) in [6.45, 7) is 4.41. The van der Waals surface area contributed by atoms with E-state index in [0.717, 1.165) is 11.6 Å². The molecule has 2 rings (SSSR count). The Labute approximate surface area is 78.6 Å². The Kier molecular flexibility index (Phi) is 2.27. The average Bonchev–Trinajstić information content (AvgIpc) is 2.83. The lowest BCUT2D eigenvalue weighted by Gasteiger charge is -2.11. The van der Waals surface area contributed by atoms with E-state index in [0.29, 0.717) is 12.1 Å². The molecule has 1 saturated carbocycles. The van der Waals surface area contributed by atoms with Crippen molar-refractivity contribution in [3.05, 3.63) is 24.3 Å². The summed E-state index contributed by atoms with van der Waals surface area (Å²) in [5, 5.41) is 3.53. The number of nitrogens with zero attached hydrogens (tertiary/aromatic N) is 2. The van der Waals surface area contributed by atoms with Gasteiger partial charge in [0, 0.05) is 18.3 Å². The van der Waals surface area contributed by atoms with Gasteiger partial charge in [-0.15, -0.1) is 0 Å². The standard InChI is InChI=1S/C10H15N3/c1-7-5-10(7)13-8(2)9-3-4-11-6-12-9/h3-4,6-8,10,13H,5H2,1-2H3. The lowest BCUT2D eigenvalue weighted by molar-refractivity contribution is 0.539. The molecule has 3 heteroatoms. The van der Waals surface area contributed by atoms with Crippen LogP contribution in [0, 0.1) is 5.92 Å². The molecular formula is C10H15N3. The minimum Gasteiger partial charge on any atom is -0.306 e. The molecule has 1 N–H and O–H groups in total. The molecule has 0 radical (unpaired) electrons. The molecule has 70 valence electrons. The summed E-state index contributed by atoms with van der Waals surface area (Å²) in [6, 6.07) is 3.01. The summed E-state index contributed by atoms with van der Waals surface area (Å²) < 4.78 is 0. The minimum atomic E-state index is 0.345. The Bertz CT molecular complexity index is 273. The first-order chi connectivity index (χ1) is 6.27. The van der Waals surface area contributed by atoms with Gasteiger partial charge in [-0.05, 0) is 25.3 Å². The van der Waals surface area contributed by atoms with Gasteiger partial charge < -0.3 is 5.32 Å². The SMILES string of the molecule is CC(NC1CC1C)c1ccncn1. The fourth-order valence-electron chi connectivity index (χ4n) is 1.52. The molecule has 0 spiro atoms. The predicted molar refractivity (Wildman–Crippen MR) is 51.2 cm³/mol. The maximum Gasteiger partial charge on any atom is 0.115 e. The van der Waals surface area contributed by atoms with E-state index in [1.165, 1.54) is 6.42 Å². The quantitative estimate of drug-likeness (QED) is 0.761. The van der Waals surface area contributed by atoms with Crippen molar-refractivity contribution in [1.29, 1.82) is 0 Å². The third-order valence-corrected chi connectivity index (χ3v) is 2.62. The van der Waals surface area contributed by atoms with E-state index in [9.17, 15) is 0 Å². The van der Waals surface area contributed by atoms with Crippen molar-refractivity contribution in [2.75, 3.05) is 0 Å². The third-order valence-electron chi connectivity index (χ3n) is 2.62. The molecule has 1 aromatic heterocycles. The lowest BCUT2D eigenvalue weighted by atomic mass is 10.2. The minimum absolute atomic E-state index is 0.345. The fraction of sp³-hybridized carbons (Fsp3) is 0.600. The number of nitrogens with one attached hydrogen (secondary N) is 1. The van der Waals surface area contributed by atoms with E-state index in [-0.39, 0.29) is 0 Å². The molecule has 1 aromatic rings. The topological polar surface area (TPSA) is 37.8 Å². The highest BCUT2D eigenvalue weighted by molar-refractivity contribution is 5.05. The third kappa shape index (κ3) is 2.04. The van der Waals surface area contributed by atoms with Crippen LogP contribution < -0.4 is 5.32 Å². The van der Waals surface area contributed by atoms with Crippen LogP contribution in [0.1, 0.15) is 32.0 Å². The van der Waals surface area contributed by atoms with Crippen LogP contribution >= 0.6 is 0 Å². The van der Waals surface area contributed by atoms with Gasteiger partial charge in [-0.3, -0.25) is 0 Å². The van der Waals surface area contributed by atoms with E-state index >= 15 is 0 Å². The van der Waals surface area contributed by atoms with Crippen molar-refractivity contribution >= 4 is 0 Å². The Hall–Kier alpha value is -0.960. The largest absolute Gasteiger partial charge is 0.306 e. The average molecular weight is 177 g/mol. The van der Waals surface area contributed by atoms with Gasteiger partial charge in [-0.25, -0.2) is 9.97 Å². The van der Waals surface area contributed by atoms with Gasteiger partial charge in [0.1, 0.15) is 6.33 Å². The molecule has 0 amide bonds. The van der Waals surface area contributed by atoms with Gasteiger partial charge in [0.15, 0.2) is 0 Å². The monoisotopic (exact) mass is 177 g/mol. The highest BCUT2D eigenvalue weighted by Crippen LogP contribution is 2.31. The molecule has 3 unspecified atom stereocenters. The van der Waals surface area contributed by atoms with Crippen LogP contribution in [0.3, 0.4) is 0 Å². The van der Waals surface area contributed by atoms with Gasteiger partial charge in [-0.2, -0.15) is 0 Å². The molecule has 0 aliphatic heterocycles. The Morgan fingerprint density at radius 1 is 1.62 bits per heavy atom. The molecule has 1 fully saturated rings. The second-order valence-electron chi connectivity index (χ2n) is 3.84. The van der Waals surface area contributed by atoms with E-state index in [2.05, 4.69) is 29.1 Å². The van der Waals surface area contributed by atoms with Crippen LogP contribution in [0.2, 0.25) is 0 Å². The van der Waals surface area contributed by atoms with Gasteiger partial charge in [-0.1, -0.05) is 6.92 Å². The molecule has 0 aromatic carbocycles. The summed E-state index contributed by atoms with van der Waals surface area (Å²) in [4.78, 5) is 8.11. The maximum absolute atomic E-state index is 4.21. The van der Waals surface area contributed by atoms with Gasteiger partial charge >= 0.3 is 0 Å². The van der Waals surface area contributed by atoms with Crippen LogP contribution in [-0.2, 0) is 0 Å². The van der Waals surface area contributed by atoms with E-state index in [1.54, 1.807) is 12.5 Å². The van der Waals surface area contributed by atoms with Gasteiger partial charge in [0.05, 0.1) is 5.69 Å². The van der Waals surface area contributed by atoms with Crippen LogP contribution in [-0.4, -0.2) is 16.0 Å². The molecule has 3 nitrogen and oxygen atoms in total. The van der Waals surface area contributed by atoms with Crippen molar-refractivity contribution in [2.24, 2.45) is 5.92 Å². The Balaban J connectivity index is 1.94. The van der Waals surface area contributed by atoms with Crippen LogP contribution in [0.25, 0.3) is 0 Å². The maximum atomic E-state index is 4.21. The van der Waals surface area contributed by atoms with Crippen LogP contribution in [0.5, 0.6) is 0 Å². The zero-order chi connectivity index (χ0) is 9.26. The van der Waals surface area contributed by atoms with Crippen molar-refractivity contribution in [3.8, 4) is 0 Å². The van der Waals surface area contributed by atoms with Gasteiger partial charge in [0.25, 0.3) is 0 Å². The number of hydrogen-bond donors (Lipinski definition) is 1. The van der Waals surface area contributed by atoms with Crippen molar-refractivity contribution in [2.45, 2.75) is 32.4 Å². The zero-order valence-corrected chi connectivity index (χ0v) is 8.07. The molecule has 1 heterocycles. The van der Waals surface area contributed by atoms with Crippen molar-refractivity contribution in [3.63, 3.8) is 0 Å². The molecular weight excluding hydrogens is 162 g/mol.